The molecule has 0 amide bonds. The molecular weight excluding hydrogens is 267 g/mol. The lowest BCUT2D eigenvalue weighted by atomic mass is 10.2. The number of hydrogen-bond acceptors (Lipinski definition) is 3. The van der Waals surface area contributed by atoms with Crippen LogP contribution in [0.25, 0.3) is 0 Å². The summed E-state index contributed by atoms with van der Waals surface area (Å²) in [6.45, 7) is 5.11. The fraction of sp³-hybridized carbons (Fsp3) is 0.308. The zero-order chi connectivity index (χ0) is 14.2. The maximum Gasteiger partial charge on any atom is 0.269 e. The second-order valence-electron chi connectivity index (χ2n) is 4.36. The highest BCUT2D eigenvalue weighted by atomic mass is 32.2. The summed E-state index contributed by atoms with van der Waals surface area (Å²) in [5.74, 6) is 0.0518. The van der Waals surface area contributed by atoms with Gasteiger partial charge in [0.25, 0.3) is 10.0 Å². The van der Waals surface area contributed by atoms with E-state index in [1.165, 1.54) is 25.3 Å². The molecule has 0 atom stereocenters. The molecule has 2 rings (SSSR count). The van der Waals surface area contributed by atoms with Gasteiger partial charge in [0.15, 0.2) is 0 Å². The lowest BCUT2D eigenvalue weighted by Gasteiger charge is -2.09. The molecule has 0 N–H and O–H groups in total. The summed E-state index contributed by atoms with van der Waals surface area (Å²) in [4.78, 5) is 4.24. The first-order chi connectivity index (χ1) is 8.86. The van der Waals surface area contributed by atoms with Crippen LogP contribution in [0.4, 0.5) is 4.39 Å². The molecule has 19 heavy (non-hydrogen) atoms. The highest BCUT2D eigenvalue weighted by molar-refractivity contribution is 7.90. The van der Waals surface area contributed by atoms with Gasteiger partial charge in [0.1, 0.15) is 11.6 Å². The third kappa shape index (κ3) is 2.40. The SMILES string of the molecule is CCc1nc(C)cn1S(=O)(=O)c1ccc(F)c(C)c1. The Bertz CT molecular complexity index is 720. The van der Waals surface area contributed by atoms with Gasteiger partial charge in [0, 0.05) is 12.6 Å². The first-order valence-corrected chi connectivity index (χ1v) is 7.37. The van der Waals surface area contributed by atoms with E-state index in [-0.39, 0.29) is 4.90 Å². The van der Waals surface area contributed by atoms with Crippen molar-refractivity contribution >= 4 is 10.0 Å². The number of nitrogens with zero attached hydrogens (tertiary/aromatic N) is 2. The topological polar surface area (TPSA) is 52.0 Å². The Labute approximate surface area is 112 Å². The van der Waals surface area contributed by atoms with E-state index < -0.39 is 15.8 Å². The van der Waals surface area contributed by atoms with Crippen LogP contribution < -0.4 is 0 Å². The molecule has 6 heteroatoms. The molecule has 0 unspecified atom stereocenters. The Morgan fingerprint density at radius 1 is 1.32 bits per heavy atom. The van der Waals surface area contributed by atoms with Crippen LogP contribution in [0, 0.1) is 19.7 Å². The molecule has 0 fully saturated rings. The quantitative estimate of drug-likeness (QED) is 0.869. The van der Waals surface area contributed by atoms with Crippen molar-refractivity contribution in [2.75, 3.05) is 0 Å². The molecule has 0 radical (unpaired) electrons. The second kappa shape index (κ2) is 4.77. The van der Waals surface area contributed by atoms with Crippen LogP contribution in [0.1, 0.15) is 24.0 Å². The maximum atomic E-state index is 13.2. The van der Waals surface area contributed by atoms with Crippen molar-refractivity contribution < 1.29 is 12.8 Å². The monoisotopic (exact) mass is 282 g/mol. The molecule has 0 saturated heterocycles. The fourth-order valence-electron chi connectivity index (χ4n) is 1.86. The lowest BCUT2D eigenvalue weighted by Crippen LogP contribution is -2.15. The molecule has 0 bridgehead atoms. The standard InChI is InChI=1S/C13H15FN2O2S/c1-4-13-15-10(3)8-16(13)19(17,18)11-5-6-12(14)9(2)7-11/h5-8H,4H2,1-3H3. The van der Waals surface area contributed by atoms with Gasteiger partial charge in [0.05, 0.1) is 10.6 Å². The molecule has 2 aromatic rings. The van der Waals surface area contributed by atoms with Crippen LogP contribution in [0.3, 0.4) is 0 Å². The number of aromatic nitrogens is 2. The maximum absolute atomic E-state index is 13.2. The first kappa shape index (κ1) is 13.7. The van der Waals surface area contributed by atoms with Crippen LogP contribution in [0.2, 0.25) is 0 Å². The minimum atomic E-state index is -3.71. The average Bonchev–Trinajstić information content (AvgIpc) is 2.74. The molecular formula is C13H15FN2O2S. The van der Waals surface area contributed by atoms with Crippen molar-refractivity contribution in [3.05, 3.63) is 47.3 Å². The van der Waals surface area contributed by atoms with Crippen molar-refractivity contribution in [3.8, 4) is 0 Å². The molecule has 4 nitrogen and oxygen atoms in total. The van der Waals surface area contributed by atoms with E-state index in [9.17, 15) is 12.8 Å². The molecule has 1 aromatic carbocycles. The lowest BCUT2D eigenvalue weighted by molar-refractivity contribution is 0.583. The average molecular weight is 282 g/mol. The van der Waals surface area contributed by atoms with Crippen molar-refractivity contribution in [2.45, 2.75) is 32.1 Å². The highest BCUT2D eigenvalue weighted by Gasteiger charge is 2.21. The van der Waals surface area contributed by atoms with Gasteiger partial charge in [-0.05, 0) is 37.6 Å². The number of aryl methyl sites for hydroxylation is 3. The molecule has 0 saturated carbocycles. The van der Waals surface area contributed by atoms with Gasteiger partial charge in [-0.15, -0.1) is 0 Å². The van der Waals surface area contributed by atoms with Crippen LogP contribution in [-0.2, 0) is 16.4 Å². The summed E-state index contributed by atoms with van der Waals surface area (Å²) < 4.78 is 39.4. The minimum Gasteiger partial charge on any atom is -0.238 e. The Balaban J connectivity index is 2.61. The zero-order valence-electron chi connectivity index (χ0n) is 11.0. The Kier molecular flexibility index (Phi) is 3.45. The van der Waals surface area contributed by atoms with Crippen LogP contribution in [0.5, 0.6) is 0 Å². The molecule has 102 valence electrons. The highest BCUT2D eigenvalue weighted by Crippen LogP contribution is 2.19. The Hall–Kier alpha value is -1.69. The van der Waals surface area contributed by atoms with Crippen molar-refractivity contribution in [1.82, 2.24) is 8.96 Å². The first-order valence-electron chi connectivity index (χ1n) is 5.93. The van der Waals surface area contributed by atoms with Gasteiger partial charge in [0.2, 0.25) is 0 Å². The molecule has 0 aliphatic rings. The summed E-state index contributed by atoms with van der Waals surface area (Å²) in [6.07, 6.45) is 1.99. The summed E-state index contributed by atoms with van der Waals surface area (Å²) >= 11 is 0. The van der Waals surface area contributed by atoms with Gasteiger partial charge in [-0.3, -0.25) is 0 Å². The number of rotatable bonds is 3. The van der Waals surface area contributed by atoms with E-state index in [1.54, 1.807) is 6.92 Å². The number of hydrogen-bond donors (Lipinski definition) is 0. The van der Waals surface area contributed by atoms with Gasteiger partial charge in [-0.2, -0.15) is 0 Å². The third-order valence-electron chi connectivity index (χ3n) is 2.87. The minimum absolute atomic E-state index is 0.0681. The summed E-state index contributed by atoms with van der Waals surface area (Å²) in [5.41, 5.74) is 0.940. The second-order valence-corrected chi connectivity index (χ2v) is 6.18. The van der Waals surface area contributed by atoms with Gasteiger partial charge in [-0.1, -0.05) is 6.92 Å². The van der Waals surface area contributed by atoms with E-state index >= 15 is 0 Å². The molecule has 0 aliphatic carbocycles. The van der Waals surface area contributed by atoms with E-state index in [1.807, 2.05) is 6.92 Å². The van der Waals surface area contributed by atoms with E-state index in [0.29, 0.717) is 23.5 Å². The molecule has 1 heterocycles. The van der Waals surface area contributed by atoms with E-state index in [0.717, 1.165) is 10.0 Å². The van der Waals surface area contributed by atoms with Gasteiger partial charge >= 0.3 is 0 Å². The summed E-state index contributed by atoms with van der Waals surface area (Å²) in [7, 11) is -3.71. The van der Waals surface area contributed by atoms with E-state index in [2.05, 4.69) is 4.98 Å². The van der Waals surface area contributed by atoms with Crippen molar-refractivity contribution in [1.29, 1.82) is 0 Å². The predicted octanol–water partition coefficient (Wildman–Crippen LogP) is 2.44. The van der Waals surface area contributed by atoms with Gasteiger partial charge < -0.3 is 0 Å². The summed E-state index contributed by atoms with van der Waals surface area (Å²) in [6, 6.07) is 3.77. The number of imidazole rings is 1. The molecule has 0 aliphatic heterocycles. The van der Waals surface area contributed by atoms with Crippen LogP contribution in [0.15, 0.2) is 29.3 Å². The van der Waals surface area contributed by atoms with Crippen molar-refractivity contribution in [2.24, 2.45) is 0 Å². The zero-order valence-corrected chi connectivity index (χ0v) is 11.8. The Morgan fingerprint density at radius 2 is 2.00 bits per heavy atom. The molecule has 1 aromatic heterocycles. The predicted molar refractivity (Wildman–Crippen MR) is 70.1 cm³/mol. The van der Waals surface area contributed by atoms with Crippen molar-refractivity contribution in [3.63, 3.8) is 0 Å². The molecule has 0 spiro atoms. The largest absolute Gasteiger partial charge is 0.269 e. The summed E-state index contributed by atoms with van der Waals surface area (Å²) in [5, 5.41) is 0. The van der Waals surface area contributed by atoms with E-state index in [4.69, 9.17) is 0 Å². The smallest absolute Gasteiger partial charge is 0.238 e. The number of halogens is 1. The van der Waals surface area contributed by atoms with Crippen LogP contribution in [-0.4, -0.2) is 17.4 Å². The third-order valence-corrected chi connectivity index (χ3v) is 4.55. The normalized spacial score (nSPS) is 11.8. The fourth-order valence-corrected chi connectivity index (χ4v) is 3.39. The number of benzene rings is 1. The Morgan fingerprint density at radius 3 is 2.58 bits per heavy atom. The van der Waals surface area contributed by atoms with Gasteiger partial charge in [-0.25, -0.2) is 21.8 Å². The van der Waals surface area contributed by atoms with Crippen LogP contribution >= 0.6 is 0 Å².